The average molecular weight is 373 g/mol. The fourth-order valence-corrected chi connectivity index (χ4v) is 2.31. The first-order chi connectivity index (χ1) is 12.2. The van der Waals surface area contributed by atoms with Gasteiger partial charge in [-0.25, -0.2) is 4.98 Å². The number of pyridine rings is 1. The molecule has 0 spiro atoms. The molecular weight excluding hydrogens is 356 g/mol. The molecule has 0 saturated heterocycles. The van der Waals surface area contributed by atoms with E-state index >= 15 is 0 Å². The second-order valence-electron chi connectivity index (χ2n) is 6.28. The third-order valence-corrected chi connectivity index (χ3v) is 3.99. The predicted molar refractivity (Wildman–Crippen MR) is 98.0 cm³/mol. The van der Waals surface area contributed by atoms with E-state index in [0.717, 1.165) is 0 Å². The molecule has 6 nitrogen and oxygen atoms in total. The maximum absolute atomic E-state index is 12.3. The van der Waals surface area contributed by atoms with E-state index in [2.05, 4.69) is 16.2 Å². The van der Waals surface area contributed by atoms with Crippen molar-refractivity contribution in [3.8, 4) is 29.2 Å². The second-order valence-corrected chi connectivity index (χ2v) is 6.72. The van der Waals surface area contributed by atoms with Crippen molar-refractivity contribution in [2.24, 2.45) is 5.41 Å². The van der Waals surface area contributed by atoms with Crippen LogP contribution in [0.25, 0.3) is 11.1 Å². The summed E-state index contributed by atoms with van der Waals surface area (Å²) in [5.41, 5.74) is -0.180. The van der Waals surface area contributed by atoms with Crippen LogP contribution in [0.15, 0.2) is 30.3 Å². The Morgan fingerprint density at radius 3 is 2.62 bits per heavy atom. The van der Waals surface area contributed by atoms with Crippen LogP contribution in [0.4, 0.5) is 0 Å². The zero-order valence-electron chi connectivity index (χ0n) is 14.2. The fourth-order valence-electron chi connectivity index (χ4n) is 2.12. The molecular formula is C19H17ClN2O4. The normalized spacial score (nSPS) is 10.8. The molecule has 0 saturated carbocycles. The molecule has 3 N–H and O–H groups in total. The first kappa shape index (κ1) is 19.3. The summed E-state index contributed by atoms with van der Waals surface area (Å²) in [5, 5.41) is 22.2. The highest BCUT2D eigenvalue weighted by Gasteiger charge is 2.28. The Balaban J connectivity index is 2.36. The molecule has 7 heteroatoms. The van der Waals surface area contributed by atoms with E-state index in [4.69, 9.17) is 23.1 Å². The van der Waals surface area contributed by atoms with Crippen LogP contribution in [-0.2, 0) is 4.79 Å². The molecule has 0 unspecified atom stereocenters. The third-order valence-electron chi connectivity index (χ3n) is 3.76. The molecule has 0 atom stereocenters. The molecule has 0 aliphatic rings. The van der Waals surface area contributed by atoms with Crippen molar-refractivity contribution in [3.63, 3.8) is 0 Å². The first-order valence-corrected chi connectivity index (χ1v) is 8.01. The van der Waals surface area contributed by atoms with Crippen molar-refractivity contribution in [1.29, 1.82) is 0 Å². The lowest BCUT2D eigenvalue weighted by Crippen LogP contribution is -2.39. The molecule has 2 aromatic rings. The molecule has 1 amide bonds. The van der Waals surface area contributed by atoms with Gasteiger partial charge in [-0.2, -0.15) is 0 Å². The molecule has 1 heterocycles. The van der Waals surface area contributed by atoms with Gasteiger partial charge in [0.25, 0.3) is 5.91 Å². The van der Waals surface area contributed by atoms with Crippen LogP contribution < -0.4 is 5.32 Å². The highest BCUT2D eigenvalue weighted by molar-refractivity contribution is 6.30. The minimum Gasteiger partial charge on any atom is -0.505 e. The summed E-state index contributed by atoms with van der Waals surface area (Å²) in [4.78, 5) is 27.5. The Kier molecular flexibility index (Phi) is 5.53. The third kappa shape index (κ3) is 4.13. The number of rotatable bonds is 5. The molecule has 0 fully saturated rings. The number of hydrogen-bond acceptors (Lipinski definition) is 4. The monoisotopic (exact) mass is 372 g/mol. The quantitative estimate of drug-likeness (QED) is 0.701. The number of terminal acetylenes is 1. The fraction of sp³-hybridized carbons (Fsp3) is 0.211. The molecule has 2 rings (SSSR count). The summed E-state index contributed by atoms with van der Waals surface area (Å²) < 4.78 is 0. The summed E-state index contributed by atoms with van der Waals surface area (Å²) in [6.45, 7) is 2.81. The lowest BCUT2D eigenvalue weighted by atomic mass is 9.94. The minimum absolute atomic E-state index is 0.135. The molecule has 134 valence electrons. The van der Waals surface area contributed by atoms with Crippen molar-refractivity contribution in [3.05, 3.63) is 46.7 Å². The van der Waals surface area contributed by atoms with Crippen molar-refractivity contribution >= 4 is 23.5 Å². The average Bonchev–Trinajstić information content (AvgIpc) is 2.59. The number of amides is 1. The van der Waals surface area contributed by atoms with Gasteiger partial charge in [-0.3, -0.25) is 9.59 Å². The van der Waals surface area contributed by atoms with E-state index in [1.165, 1.54) is 19.9 Å². The number of carbonyl (C=O) groups excluding carboxylic acids is 1. The van der Waals surface area contributed by atoms with E-state index in [0.29, 0.717) is 16.1 Å². The van der Waals surface area contributed by atoms with Gasteiger partial charge < -0.3 is 15.5 Å². The van der Waals surface area contributed by atoms with Crippen LogP contribution in [0.2, 0.25) is 5.02 Å². The second kappa shape index (κ2) is 7.46. The lowest BCUT2D eigenvalue weighted by molar-refractivity contribution is -0.146. The standard InChI is InChI=1S/C19H17ClN2O4/c1-4-14-13(11-6-5-7-12(20)8-11)9-15(23)16(22-14)17(24)21-10-19(2,3)18(25)26/h1,5-9,23H,10H2,2-3H3,(H,21,24)(H,25,26). The van der Waals surface area contributed by atoms with Gasteiger partial charge in [-0.15, -0.1) is 6.42 Å². The first-order valence-electron chi connectivity index (χ1n) is 7.64. The van der Waals surface area contributed by atoms with Gasteiger partial charge in [-0.05, 0) is 43.5 Å². The summed E-state index contributed by atoms with van der Waals surface area (Å²) in [6.07, 6.45) is 5.49. The molecule has 0 radical (unpaired) electrons. The number of carboxylic acid groups (broad SMARTS) is 1. The lowest BCUT2D eigenvalue weighted by Gasteiger charge is -2.19. The zero-order valence-corrected chi connectivity index (χ0v) is 15.0. The summed E-state index contributed by atoms with van der Waals surface area (Å²) in [7, 11) is 0. The maximum Gasteiger partial charge on any atom is 0.310 e. The molecule has 0 aliphatic heterocycles. The highest BCUT2D eigenvalue weighted by atomic mass is 35.5. The largest absolute Gasteiger partial charge is 0.505 e. The van der Waals surface area contributed by atoms with Crippen LogP contribution in [-0.4, -0.2) is 33.6 Å². The Labute approximate surface area is 155 Å². The van der Waals surface area contributed by atoms with Crippen LogP contribution >= 0.6 is 11.6 Å². The van der Waals surface area contributed by atoms with Gasteiger partial charge in [-0.1, -0.05) is 23.7 Å². The summed E-state index contributed by atoms with van der Waals surface area (Å²) in [5.74, 6) is 0.240. The number of carboxylic acids is 1. The van der Waals surface area contributed by atoms with Crippen molar-refractivity contribution in [1.82, 2.24) is 10.3 Å². The van der Waals surface area contributed by atoms with Crippen molar-refractivity contribution in [2.75, 3.05) is 6.54 Å². The summed E-state index contributed by atoms with van der Waals surface area (Å²) in [6, 6.07) is 8.17. The van der Waals surface area contributed by atoms with Crippen LogP contribution in [0.1, 0.15) is 30.0 Å². The number of aliphatic carboxylic acids is 1. The van der Waals surface area contributed by atoms with Gasteiger partial charge in [0.2, 0.25) is 0 Å². The number of aromatic hydroxyl groups is 1. The van der Waals surface area contributed by atoms with E-state index in [-0.39, 0.29) is 23.7 Å². The smallest absolute Gasteiger partial charge is 0.310 e. The molecule has 1 aromatic carbocycles. The van der Waals surface area contributed by atoms with E-state index in [9.17, 15) is 14.7 Å². The Hall–Kier alpha value is -3.04. The molecule has 1 aromatic heterocycles. The van der Waals surface area contributed by atoms with E-state index < -0.39 is 17.3 Å². The molecule has 0 aliphatic carbocycles. The van der Waals surface area contributed by atoms with E-state index in [1.807, 2.05) is 0 Å². The SMILES string of the molecule is C#Cc1nc(C(=O)NCC(C)(C)C(=O)O)c(O)cc1-c1cccc(Cl)c1. The van der Waals surface area contributed by atoms with Crippen LogP contribution in [0.3, 0.4) is 0 Å². The van der Waals surface area contributed by atoms with Crippen molar-refractivity contribution < 1.29 is 19.8 Å². The molecule has 0 bridgehead atoms. The van der Waals surface area contributed by atoms with Gasteiger partial charge in [0.05, 0.1) is 5.41 Å². The topological polar surface area (TPSA) is 99.5 Å². The van der Waals surface area contributed by atoms with Crippen LogP contribution in [0.5, 0.6) is 5.75 Å². The molecule has 26 heavy (non-hydrogen) atoms. The minimum atomic E-state index is -1.17. The summed E-state index contributed by atoms with van der Waals surface area (Å²) >= 11 is 5.97. The van der Waals surface area contributed by atoms with Gasteiger partial charge in [0, 0.05) is 17.1 Å². The maximum atomic E-state index is 12.3. The Morgan fingerprint density at radius 1 is 1.35 bits per heavy atom. The number of carbonyl (C=O) groups is 2. The van der Waals surface area contributed by atoms with Crippen LogP contribution in [0, 0.1) is 17.8 Å². The highest BCUT2D eigenvalue weighted by Crippen LogP contribution is 2.29. The predicted octanol–water partition coefficient (Wildman–Crippen LogP) is 2.93. The van der Waals surface area contributed by atoms with Crippen molar-refractivity contribution in [2.45, 2.75) is 13.8 Å². The van der Waals surface area contributed by atoms with E-state index in [1.54, 1.807) is 24.3 Å². The number of nitrogens with zero attached hydrogens (tertiary/aromatic N) is 1. The number of aromatic nitrogens is 1. The number of hydrogen-bond donors (Lipinski definition) is 3. The van der Waals surface area contributed by atoms with Gasteiger partial charge >= 0.3 is 5.97 Å². The number of benzene rings is 1. The number of nitrogens with one attached hydrogen (secondary N) is 1. The van der Waals surface area contributed by atoms with Gasteiger partial charge in [0.15, 0.2) is 5.69 Å². The zero-order chi connectivity index (χ0) is 19.5. The number of halogens is 1. The Bertz CT molecular complexity index is 916. The Morgan fingerprint density at radius 2 is 2.04 bits per heavy atom. The van der Waals surface area contributed by atoms with Gasteiger partial charge in [0.1, 0.15) is 11.4 Å².